The molecule has 1 N–H and O–H groups in total. The fraction of sp³-hybridized carbons (Fsp3) is 0.455. The van der Waals surface area contributed by atoms with Crippen molar-refractivity contribution in [2.45, 2.75) is 31.0 Å². The highest BCUT2D eigenvalue weighted by atomic mass is 35.5. The first-order valence-corrected chi connectivity index (χ1v) is 6.23. The lowest BCUT2D eigenvalue weighted by Crippen LogP contribution is -2.06. The second-order valence-corrected chi connectivity index (χ2v) is 5.66. The molecule has 0 aliphatic rings. The number of hydrogen-bond acceptors (Lipinski definition) is 3. The van der Waals surface area contributed by atoms with Gasteiger partial charge in [0.1, 0.15) is 5.03 Å². The predicted molar refractivity (Wildman–Crippen MR) is 66.4 cm³/mol. The van der Waals surface area contributed by atoms with E-state index >= 15 is 0 Å². The van der Waals surface area contributed by atoms with Gasteiger partial charge < -0.3 is 5.11 Å². The summed E-state index contributed by atoms with van der Waals surface area (Å²) in [5, 5.41) is 10.2. The molecule has 0 aliphatic carbocycles. The maximum absolute atomic E-state index is 10.7. The molecule has 88 valence electrons. The fourth-order valence-corrected chi connectivity index (χ4v) is 2.15. The normalized spacial score (nSPS) is 12.8. The second kappa shape index (κ2) is 5.55. The van der Waals surface area contributed by atoms with E-state index in [1.54, 1.807) is 11.8 Å². The molecule has 1 heterocycles. The fourth-order valence-electron chi connectivity index (χ4n) is 0.941. The third kappa shape index (κ3) is 3.39. The third-order valence-corrected chi connectivity index (χ3v) is 4.16. The molecule has 1 aromatic heterocycles. The molecule has 0 fully saturated rings. The van der Waals surface area contributed by atoms with Gasteiger partial charge in [0.15, 0.2) is 0 Å². The SMILES string of the molecule is CC(C)C(C)Sc1ncc(C(=O)O)cc1Cl. The molecule has 0 aromatic carbocycles. The molecule has 3 nitrogen and oxygen atoms in total. The Labute approximate surface area is 104 Å². The topological polar surface area (TPSA) is 50.2 Å². The van der Waals surface area contributed by atoms with E-state index in [1.165, 1.54) is 12.3 Å². The Hall–Kier alpha value is -0.740. The van der Waals surface area contributed by atoms with Crippen LogP contribution < -0.4 is 0 Å². The number of hydrogen-bond donors (Lipinski definition) is 1. The lowest BCUT2D eigenvalue weighted by molar-refractivity contribution is 0.0696. The average Bonchev–Trinajstić information content (AvgIpc) is 2.20. The van der Waals surface area contributed by atoms with Gasteiger partial charge in [-0.3, -0.25) is 0 Å². The summed E-state index contributed by atoms with van der Waals surface area (Å²) in [7, 11) is 0. The van der Waals surface area contributed by atoms with Gasteiger partial charge in [-0.2, -0.15) is 0 Å². The van der Waals surface area contributed by atoms with Gasteiger partial charge in [0, 0.05) is 11.4 Å². The zero-order valence-electron chi connectivity index (χ0n) is 9.40. The molecule has 16 heavy (non-hydrogen) atoms. The van der Waals surface area contributed by atoms with Crippen molar-refractivity contribution in [1.29, 1.82) is 0 Å². The summed E-state index contributed by atoms with van der Waals surface area (Å²) in [6.45, 7) is 6.34. The number of carboxylic acid groups (broad SMARTS) is 1. The van der Waals surface area contributed by atoms with Crippen LogP contribution in [0.3, 0.4) is 0 Å². The van der Waals surface area contributed by atoms with E-state index in [-0.39, 0.29) is 5.56 Å². The molecular weight excluding hydrogens is 246 g/mol. The molecule has 0 bridgehead atoms. The lowest BCUT2D eigenvalue weighted by atomic mass is 10.2. The predicted octanol–water partition coefficient (Wildman–Crippen LogP) is 3.57. The van der Waals surface area contributed by atoms with Crippen molar-refractivity contribution in [2.75, 3.05) is 0 Å². The van der Waals surface area contributed by atoms with E-state index in [0.29, 0.717) is 21.2 Å². The summed E-state index contributed by atoms with van der Waals surface area (Å²) >= 11 is 7.54. The van der Waals surface area contributed by atoms with Gasteiger partial charge in [0.25, 0.3) is 0 Å². The van der Waals surface area contributed by atoms with Gasteiger partial charge in [-0.25, -0.2) is 9.78 Å². The number of halogens is 1. The zero-order valence-corrected chi connectivity index (χ0v) is 11.0. The first-order chi connectivity index (χ1) is 7.41. The van der Waals surface area contributed by atoms with Gasteiger partial charge in [-0.1, -0.05) is 32.4 Å². The van der Waals surface area contributed by atoms with E-state index in [1.807, 2.05) is 0 Å². The number of aromatic carboxylic acids is 1. The van der Waals surface area contributed by atoms with Crippen molar-refractivity contribution in [3.63, 3.8) is 0 Å². The van der Waals surface area contributed by atoms with Crippen LogP contribution in [0.15, 0.2) is 17.3 Å². The first-order valence-electron chi connectivity index (χ1n) is 4.97. The van der Waals surface area contributed by atoms with E-state index < -0.39 is 5.97 Å². The van der Waals surface area contributed by atoms with Crippen LogP contribution in [0.1, 0.15) is 31.1 Å². The minimum Gasteiger partial charge on any atom is -0.478 e. The van der Waals surface area contributed by atoms with E-state index in [9.17, 15) is 4.79 Å². The minimum atomic E-state index is -1.01. The van der Waals surface area contributed by atoms with E-state index in [2.05, 4.69) is 25.8 Å². The molecule has 0 spiro atoms. The van der Waals surface area contributed by atoms with Crippen LogP contribution in [-0.4, -0.2) is 21.3 Å². The van der Waals surface area contributed by atoms with Crippen LogP contribution in [0.2, 0.25) is 5.02 Å². The number of rotatable bonds is 4. The van der Waals surface area contributed by atoms with Crippen LogP contribution in [0, 0.1) is 5.92 Å². The lowest BCUT2D eigenvalue weighted by Gasteiger charge is -2.14. The van der Waals surface area contributed by atoms with Crippen molar-refractivity contribution in [3.8, 4) is 0 Å². The Kier molecular flexibility index (Phi) is 4.62. The number of carbonyl (C=O) groups is 1. The van der Waals surface area contributed by atoms with Gasteiger partial charge in [0.05, 0.1) is 10.6 Å². The molecule has 1 aromatic rings. The summed E-state index contributed by atoms with van der Waals surface area (Å²) in [6, 6.07) is 1.44. The van der Waals surface area contributed by atoms with Crippen molar-refractivity contribution < 1.29 is 9.90 Å². The first kappa shape index (κ1) is 13.3. The summed E-state index contributed by atoms with van der Waals surface area (Å²) in [4.78, 5) is 14.8. The van der Waals surface area contributed by atoms with E-state index in [4.69, 9.17) is 16.7 Å². The van der Waals surface area contributed by atoms with Crippen molar-refractivity contribution in [3.05, 3.63) is 22.8 Å². The number of thioether (sulfide) groups is 1. The third-order valence-electron chi connectivity index (χ3n) is 2.29. The number of pyridine rings is 1. The summed E-state index contributed by atoms with van der Waals surface area (Å²) < 4.78 is 0. The van der Waals surface area contributed by atoms with Gasteiger partial charge in [-0.15, -0.1) is 11.8 Å². The van der Waals surface area contributed by atoms with Gasteiger partial charge in [-0.05, 0) is 12.0 Å². The molecule has 0 saturated heterocycles. The molecule has 1 atom stereocenters. The molecule has 5 heteroatoms. The number of carboxylic acids is 1. The highest BCUT2D eigenvalue weighted by molar-refractivity contribution is 7.99. The molecule has 1 rings (SSSR count). The van der Waals surface area contributed by atoms with Gasteiger partial charge >= 0.3 is 5.97 Å². The Balaban J connectivity index is 2.87. The molecule has 0 saturated carbocycles. The largest absolute Gasteiger partial charge is 0.478 e. The Bertz CT molecular complexity index is 396. The molecule has 0 amide bonds. The highest BCUT2D eigenvalue weighted by Gasteiger charge is 2.14. The minimum absolute atomic E-state index is 0.117. The average molecular weight is 260 g/mol. The van der Waals surface area contributed by atoms with Crippen LogP contribution in [-0.2, 0) is 0 Å². The zero-order chi connectivity index (χ0) is 12.3. The van der Waals surface area contributed by atoms with Crippen molar-refractivity contribution in [1.82, 2.24) is 4.98 Å². The Morgan fingerprint density at radius 3 is 2.56 bits per heavy atom. The molecule has 0 aliphatic heterocycles. The van der Waals surface area contributed by atoms with Crippen molar-refractivity contribution in [2.24, 2.45) is 5.92 Å². The van der Waals surface area contributed by atoms with Crippen molar-refractivity contribution >= 4 is 29.3 Å². The monoisotopic (exact) mass is 259 g/mol. The standard InChI is InChI=1S/C11H14ClNO2S/c1-6(2)7(3)16-10-9(12)4-8(5-13-10)11(14)15/h4-7H,1-3H3,(H,14,15). The quantitative estimate of drug-likeness (QED) is 0.840. The van der Waals surface area contributed by atoms with Gasteiger partial charge in [0.2, 0.25) is 0 Å². The number of nitrogens with zero attached hydrogens (tertiary/aromatic N) is 1. The molecule has 1 unspecified atom stereocenters. The number of aromatic nitrogens is 1. The molecular formula is C11H14ClNO2S. The second-order valence-electron chi connectivity index (χ2n) is 3.88. The van der Waals surface area contributed by atoms with Crippen LogP contribution in [0.25, 0.3) is 0 Å². The maximum atomic E-state index is 10.7. The Morgan fingerprint density at radius 2 is 2.12 bits per heavy atom. The summed E-state index contributed by atoms with van der Waals surface area (Å²) in [6.07, 6.45) is 1.34. The van der Waals surface area contributed by atoms with Crippen LogP contribution >= 0.6 is 23.4 Å². The van der Waals surface area contributed by atoms with E-state index in [0.717, 1.165) is 0 Å². The summed E-state index contributed by atoms with van der Waals surface area (Å²) in [5.74, 6) is -0.495. The summed E-state index contributed by atoms with van der Waals surface area (Å²) in [5.41, 5.74) is 0.117. The Morgan fingerprint density at radius 1 is 1.50 bits per heavy atom. The maximum Gasteiger partial charge on any atom is 0.337 e. The van der Waals surface area contributed by atoms with Crippen LogP contribution in [0.4, 0.5) is 0 Å². The smallest absolute Gasteiger partial charge is 0.337 e. The highest BCUT2D eigenvalue weighted by Crippen LogP contribution is 2.31. The molecule has 0 radical (unpaired) electrons. The van der Waals surface area contributed by atoms with Crippen LogP contribution in [0.5, 0.6) is 0 Å².